The first-order valence-corrected chi connectivity index (χ1v) is 12.8. The van der Waals surface area contributed by atoms with Crippen LogP contribution in [0.15, 0.2) is 48.8 Å². The van der Waals surface area contributed by atoms with Gasteiger partial charge in [-0.1, -0.05) is 12.1 Å². The van der Waals surface area contributed by atoms with Gasteiger partial charge >= 0.3 is 12.0 Å². The molecular weight excluding hydrogens is 474 g/mol. The Kier molecular flexibility index (Phi) is 8.71. The van der Waals surface area contributed by atoms with Crippen molar-refractivity contribution in [1.29, 1.82) is 0 Å². The molecule has 3 heterocycles. The van der Waals surface area contributed by atoms with Crippen LogP contribution in [0.1, 0.15) is 50.6 Å². The lowest BCUT2D eigenvalue weighted by molar-refractivity contribution is -0.144. The molecule has 0 aliphatic carbocycles. The minimum Gasteiger partial charge on any atom is -0.466 e. The highest BCUT2D eigenvalue weighted by atomic mass is 16.5. The predicted molar refractivity (Wildman–Crippen MR) is 138 cm³/mol. The summed E-state index contributed by atoms with van der Waals surface area (Å²) in [6.07, 6.45) is 6.37. The highest BCUT2D eigenvalue weighted by Crippen LogP contribution is 2.28. The Balaban J connectivity index is 1.40. The van der Waals surface area contributed by atoms with Crippen LogP contribution in [0, 0.1) is 5.92 Å². The van der Waals surface area contributed by atoms with Crippen molar-refractivity contribution in [1.82, 2.24) is 15.2 Å². The van der Waals surface area contributed by atoms with Crippen LogP contribution in [0.3, 0.4) is 0 Å². The van der Waals surface area contributed by atoms with E-state index in [1.54, 1.807) is 65.5 Å². The molecule has 4 amide bonds. The zero-order valence-corrected chi connectivity index (χ0v) is 21.0. The Morgan fingerprint density at radius 2 is 1.95 bits per heavy atom. The number of benzene rings is 1. The number of pyridine rings is 1. The molecule has 1 aromatic heterocycles. The fourth-order valence-corrected chi connectivity index (χ4v) is 4.69. The average Bonchev–Trinajstić information content (AvgIpc) is 3.31. The molecule has 4 rings (SSSR count). The van der Waals surface area contributed by atoms with Gasteiger partial charge in [0.25, 0.3) is 0 Å². The lowest BCUT2D eigenvalue weighted by atomic mass is 10.0. The van der Waals surface area contributed by atoms with E-state index in [9.17, 15) is 19.2 Å². The summed E-state index contributed by atoms with van der Waals surface area (Å²) in [6.45, 7) is 3.65. The number of rotatable bonds is 8. The van der Waals surface area contributed by atoms with Gasteiger partial charge in [0, 0.05) is 49.8 Å². The molecule has 2 aliphatic rings. The largest absolute Gasteiger partial charge is 0.466 e. The first-order chi connectivity index (χ1) is 17.9. The molecule has 2 fully saturated rings. The third kappa shape index (κ3) is 6.84. The number of ether oxygens (including phenoxy) is 1. The smallest absolute Gasteiger partial charge is 0.321 e. The molecule has 2 N–H and O–H groups in total. The third-order valence-corrected chi connectivity index (χ3v) is 6.63. The number of urea groups is 1. The molecule has 0 radical (unpaired) electrons. The Morgan fingerprint density at radius 3 is 2.68 bits per heavy atom. The van der Waals surface area contributed by atoms with Crippen molar-refractivity contribution in [3.63, 3.8) is 0 Å². The predicted octanol–water partition coefficient (Wildman–Crippen LogP) is 3.26. The SMILES string of the molecule is CCOC(=O)CC(NC(=O)C1CC(=O)N(c2cccc(NC(=O)N3CCCCC3)c2)C1)c1cccnc1. The molecule has 196 valence electrons. The van der Waals surface area contributed by atoms with Gasteiger partial charge in [-0.05, 0) is 56.0 Å². The van der Waals surface area contributed by atoms with Gasteiger partial charge in [0.1, 0.15) is 0 Å². The summed E-state index contributed by atoms with van der Waals surface area (Å²) >= 11 is 0. The number of nitrogens with zero attached hydrogens (tertiary/aromatic N) is 3. The molecule has 10 nitrogen and oxygen atoms in total. The second kappa shape index (κ2) is 12.3. The zero-order valence-electron chi connectivity index (χ0n) is 21.0. The fraction of sp³-hybridized carbons (Fsp3) is 0.444. The van der Waals surface area contributed by atoms with Crippen LogP contribution in [0.5, 0.6) is 0 Å². The molecule has 2 unspecified atom stereocenters. The number of amides is 4. The molecule has 2 saturated heterocycles. The molecule has 2 atom stereocenters. The van der Waals surface area contributed by atoms with E-state index < -0.39 is 17.9 Å². The van der Waals surface area contributed by atoms with Gasteiger partial charge < -0.3 is 25.2 Å². The summed E-state index contributed by atoms with van der Waals surface area (Å²) in [6, 6.07) is 9.85. The van der Waals surface area contributed by atoms with Gasteiger partial charge in [-0.3, -0.25) is 19.4 Å². The number of likely N-dealkylation sites (tertiary alicyclic amines) is 1. The molecule has 37 heavy (non-hydrogen) atoms. The Hall–Kier alpha value is -3.95. The molecule has 0 bridgehead atoms. The number of carbonyl (C=O) groups is 4. The summed E-state index contributed by atoms with van der Waals surface area (Å²) in [7, 11) is 0. The molecular formula is C27H33N5O5. The maximum atomic E-state index is 13.2. The van der Waals surface area contributed by atoms with Crippen LogP contribution in [0.25, 0.3) is 0 Å². The van der Waals surface area contributed by atoms with E-state index in [0.29, 0.717) is 16.9 Å². The second-order valence-corrected chi connectivity index (χ2v) is 9.29. The van der Waals surface area contributed by atoms with Crippen molar-refractivity contribution < 1.29 is 23.9 Å². The Morgan fingerprint density at radius 1 is 1.14 bits per heavy atom. The van der Waals surface area contributed by atoms with Gasteiger partial charge in [-0.2, -0.15) is 0 Å². The van der Waals surface area contributed by atoms with E-state index >= 15 is 0 Å². The third-order valence-electron chi connectivity index (χ3n) is 6.63. The van der Waals surface area contributed by atoms with Crippen molar-refractivity contribution in [3.8, 4) is 0 Å². The van der Waals surface area contributed by atoms with Crippen LogP contribution in [0.2, 0.25) is 0 Å². The van der Waals surface area contributed by atoms with Crippen LogP contribution >= 0.6 is 0 Å². The normalized spacial score (nSPS) is 18.3. The van der Waals surface area contributed by atoms with Crippen molar-refractivity contribution in [3.05, 3.63) is 54.4 Å². The fourth-order valence-electron chi connectivity index (χ4n) is 4.69. The van der Waals surface area contributed by atoms with Gasteiger partial charge in [0.05, 0.1) is 25.0 Å². The van der Waals surface area contributed by atoms with E-state index in [2.05, 4.69) is 15.6 Å². The maximum Gasteiger partial charge on any atom is 0.321 e. The number of carbonyl (C=O) groups excluding carboxylic acids is 4. The van der Waals surface area contributed by atoms with Gasteiger partial charge in [-0.25, -0.2) is 4.79 Å². The lowest BCUT2D eigenvalue weighted by Gasteiger charge is -2.27. The number of anilines is 2. The number of aromatic nitrogens is 1. The topological polar surface area (TPSA) is 121 Å². The minimum absolute atomic E-state index is 0.0333. The monoisotopic (exact) mass is 507 g/mol. The van der Waals surface area contributed by atoms with Gasteiger partial charge in [0.2, 0.25) is 11.8 Å². The van der Waals surface area contributed by atoms with E-state index in [1.165, 1.54) is 0 Å². The van der Waals surface area contributed by atoms with Gasteiger partial charge in [0.15, 0.2) is 0 Å². The average molecular weight is 508 g/mol. The minimum atomic E-state index is -0.613. The molecule has 2 aliphatic heterocycles. The van der Waals surface area contributed by atoms with Crippen molar-refractivity contribution >= 4 is 35.2 Å². The number of esters is 1. The quantitative estimate of drug-likeness (QED) is 0.529. The molecule has 0 spiro atoms. The standard InChI is InChI=1S/C27H33N5O5/c1-2-37-25(34)16-23(19-8-7-11-28-17-19)30-26(35)20-14-24(33)32(18-20)22-10-6-9-21(15-22)29-27(36)31-12-4-3-5-13-31/h6-11,15,17,20,23H,2-5,12-14,16,18H2,1H3,(H,29,36)(H,30,35). The van der Waals surface area contributed by atoms with E-state index in [1.807, 2.05) is 0 Å². The highest BCUT2D eigenvalue weighted by molar-refractivity contribution is 6.01. The summed E-state index contributed by atoms with van der Waals surface area (Å²) in [4.78, 5) is 58.2. The number of nitrogens with one attached hydrogen (secondary N) is 2. The van der Waals surface area contributed by atoms with Crippen molar-refractivity contribution in [2.24, 2.45) is 5.92 Å². The number of piperidine rings is 1. The van der Waals surface area contributed by atoms with E-state index in [-0.39, 0.29) is 43.8 Å². The van der Waals surface area contributed by atoms with E-state index in [4.69, 9.17) is 4.74 Å². The first kappa shape index (κ1) is 26.1. The zero-order chi connectivity index (χ0) is 26.2. The number of hydrogen-bond donors (Lipinski definition) is 2. The molecule has 0 saturated carbocycles. The van der Waals surface area contributed by atoms with Crippen molar-refractivity contribution in [2.45, 2.75) is 45.1 Å². The summed E-state index contributed by atoms with van der Waals surface area (Å²) in [5, 5.41) is 5.83. The van der Waals surface area contributed by atoms with Gasteiger partial charge in [-0.15, -0.1) is 0 Å². The summed E-state index contributed by atoms with van der Waals surface area (Å²) in [5.74, 6) is -1.50. The molecule has 10 heteroatoms. The van der Waals surface area contributed by atoms with Crippen LogP contribution in [0.4, 0.5) is 16.2 Å². The first-order valence-electron chi connectivity index (χ1n) is 12.8. The van der Waals surface area contributed by atoms with Crippen LogP contribution < -0.4 is 15.5 Å². The lowest BCUT2D eigenvalue weighted by Crippen LogP contribution is -2.38. The number of hydrogen-bond acceptors (Lipinski definition) is 6. The second-order valence-electron chi connectivity index (χ2n) is 9.29. The van der Waals surface area contributed by atoms with Crippen LogP contribution in [-0.4, -0.2) is 59.9 Å². The van der Waals surface area contributed by atoms with E-state index in [0.717, 1.165) is 32.4 Å². The maximum absolute atomic E-state index is 13.2. The molecule has 2 aromatic rings. The van der Waals surface area contributed by atoms with Crippen LogP contribution in [-0.2, 0) is 19.1 Å². The molecule has 1 aromatic carbocycles. The Bertz CT molecular complexity index is 1120. The Labute approximate surface area is 216 Å². The highest BCUT2D eigenvalue weighted by Gasteiger charge is 2.36. The summed E-state index contributed by atoms with van der Waals surface area (Å²) < 4.78 is 5.06. The van der Waals surface area contributed by atoms with Crippen molar-refractivity contribution in [2.75, 3.05) is 36.5 Å². The summed E-state index contributed by atoms with van der Waals surface area (Å²) in [5.41, 5.74) is 1.90.